The van der Waals surface area contributed by atoms with Gasteiger partial charge in [0.05, 0.1) is 5.02 Å². The molecule has 7 heteroatoms. The summed E-state index contributed by atoms with van der Waals surface area (Å²) in [5.74, 6) is -2.11. The van der Waals surface area contributed by atoms with Crippen molar-refractivity contribution in [2.24, 2.45) is 0 Å². The predicted molar refractivity (Wildman–Crippen MR) is 101 cm³/mol. The van der Waals surface area contributed by atoms with Crippen molar-refractivity contribution in [1.82, 2.24) is 0 Å². The lowest BCUT2D eigenvalue weighted by molar-refractivity contribution is -0.148. The summed E-state index contributed by atoms with van der Waals surface area (Å²) in [6.45, 7) is 2.81. The maximum atomic E-state index is 13.6. The normalized spacial score (nSPS) is 11.9. The molecule has 0 aliphatic rings. The third-order valence-corrected chi connectivity index (χ3v) is 3.91. The Hall–Kier alpha value is -2.99. The van der Waals surface area contributed by atoms with Crippen molar-refractivity contribution in [2.45, 2.75) is 20.0 Å². The third-order valence-electron chi connectivity index (χ3n) is 3.58. The molecule has 0 unspecified atom stereocenters. The Labute approximate surface area is 160 Å². The molecule has 27 heavy (non-hydrogen) atoms. The van der Waals surface area contributed by atoms with Gasteiger partial charge in [0, 0.05) is 22.9 Å². The summed E-state index contributed by atoms with van der Waals surface area (Å²) in [5.41, 5.74) is 0.903. The highest BCUT2D eigenvalue weighted by Crippen LogP contribution is 2.20. The number of Topliss-reactive ketones (excluding diaryl/α,β-unsaturated/α-hetero) is 1. The molecular weight excluding hydrogens is 373 g/mol. The monoisotopic (exact) mass is 389 g/mol. The Morgan fingerprint density at radius 2 is 1.89 bits per heavy atom. The standard InChI is InChI=1S/C20H17ClFNO4/c1-12(24)14-5-3-6-15(11-14)23-20(26)13(2)27-19(25)10-9-16-17(21)7-4-8-18(16)22/h3-11,13H,1-2H3,(H,23,26)/b10-9+/t13-/m0/s1. The van der Waals surface area contributed by atoms with E-state index in [1.165, 1.54) is 44.2 Å². The quantitative estimate of drug-likeness (QED) is 0.455. The zero-order valence-corrected chi connectivity index (χ0v) is 15.4. The van der Waals surface area contributed by atoms with E-state index in [4.69, 9.17) is 16.3 Å². The Bertz CT molecular complexity index is 890. The second-order valence-electron chi connectivity index (χ2n) is 5.67. The number of nitrogens with one attached hydrogen (secondary N) is 1. The Kier molecular flexibility index (Phi) is 6.85. The molecule has 0 aliphatic carbocycles. The van der Waals surface area contributed by atoms with Gasteiger partial charge in [-0.2, -0.15) is 0 Å². The third kappa shape index (κ3) is 5.76. The number of carbonyl (C=O) groups excluding carboxylic acids is 3. The first-order valence-electron chi connectivity index (χ1n) is 8.02. The van der Waals surface area contributed by atoms with Gasteiger partial charge in [-0.15, -0.1) is 0 Å². The molecule has 0 spiro atoms. The first-order valence-corrected chi connectivity index (χ1v) is 8.40. The highest BCUT2D eigenvalue weighted by atomic mass is 35.5. The zero-order valence-electron chi connectivity index (χ0n) is 14.7. The van der Waals surface area contributed by atoms with Crippen molar-refractivity contribution in [3.8, 4) is 0 Å². The molecule has 5 nitrogen and oxygen atoms in total. The second kappa shape index (κ2) is 9.09. The highest BCUT2D eigenvalue weighted by Gasteiger charge is 2.17. The van der Waals surface area contributed by atoms with Crippen molar-refractivity contribution in [3.63, 3.8) is 0 Å². The number of hydrogen-bond donors (Lipinski definition) is 1. The average Bonchev–Trinajstić information content (AvgIpc) is 2.61. The van der Waals surface area contributed by atoms with Crippen molar-refractivity contribution in [2.75, 3.05) is 5.32 Å². The maximum Gasteiger partial charge on any atom is 0.331 e. The Morgan fingerprint density at radius 1 is 1.19 bits per heavy atom. The zero-order chi connectivity index (χ0) is 20.0. The van der Waals surface area contributed by atoms with Gasteiger partial charge in [-0.1, -0.05) is 29.8 Å². The number of benzene rings is 2. The van der Waals surface area contributed by atoms with Gasteiger partial charge in [-0.3, -0.25) is 9.59 Å². The molecule has 0 bridgehead atoms. The Morgan fingerprint density at radius 3 is 2.56 bits per heavy atom. The number of anilines is 1. The van der Waals surface area contributed by atoms with Crippen LogP contribution < -0.4 is 5.32 Å². The summed E-state index contributed by atoms with van der Waals surface area (Å²) >= 11 is 5.86. The highest BCUT2D eigenvalue weighted by molar-refractivity contribution is 6.32. The summed E-state index contributed by atoms with van der Waals surface area (Å²) in [6.07, 6.45) is 1.07. The molecular formula is C20H17ClFNO4. The van der Waals surface area contributed by atoms with Crippen LogP contribution in [0.5, 0.6) is 0 Å². The average molecular weight is 390 g/mol. The number of ether oxygens (including phenoxy) is 1. The van der Waals surface area contributed by atoms with E-state index in [2.05, 4.69) is 5.32 Å². The van der Waals surface area contributed by atoms with E-state index in [9.17, 15) is 18.8 Å². The topological polar surface area (TPSA) is 72.5 Å². The molecule has 0 radical (unpaired) electrons. The largest absolute Gasteiger partial charge is 0.449 e. The van der Waals surface area contributed by atoms with Crippen LogP contribution in [0.25, 0.3) is 6.08 Å². The first-order chi connectivity index (χ1) is 12.8. The van der Waals surface area contributed by atoms with E-state index < -0.39 is 23.8 Å². The molecule has 0 aromatic heterocycles. The SMILES string of the molecule is CC(=O)c1cccc(NC(=O)[C@H](C)OC(=O)/C=C/c2c(F)cccc2Cl)c1. The van der Waals surface area contributed by atoms with Crippen LogP contribution in [-0.2, 0) is 14.3 Å². The summed E-state index contributed by atoms with van der Waals surface area (Å²) < 4.78 is 18.6. The van der Waals surface area contributed by atoms with Crippen LogP contribution in [0.3, 0.4) is 0 Å². The van der Waals surface area contributed by atoms with Crippen LogP contribution in [0.15, 0.2) is 48.5 Å². The minimum Gasteiger partial charge on any atom is -0.449 e. The molecule has 0 fully saturated rings. The van der Waals surface area contributed by atoms with E-state index in [1.54, 1.807) is 18.2 Å². The minimum absolute atomic E-state index is 0.0502. The van der Waals surface area contributed by atoms with Gasteiger partial charge in [-0.25, -0.2) is 9.18 Å². The molecule has 1 atom stereocenters. The van der Waals surface area contributed by atoms with Gasteiger partial charge in [0.25, 0.3) is 5.91 Å². The van der Waals surface area contributed by atoms with Crippen LogP contribution >= 0.6 is 11.6 Å². The minimum atomic E-state index is -1.10. The van der Waals surface area contributed by atoms with Crippen molar-refractivity contribution >= 4 is 41.0 Å². The predicted octanol–water partition coefficient (Wildman–Crippen LogP) is 4.27. The molecule has 140 valence electrons. The van der Waals surface area contributed by atoms with E-state index in [0.717, 1.165) is 6.08 Å². The van der Waals surface area contributed by atoms with Crippen molar-refractivity contribution in [1.29, 1.82) is 0 Å². The fourth-order valence-corrected chi connectivity index (χ4v) is 2.37. The van der Waals surface area contributed by atoms with E-state index in [1.807, 2.05) is 0 Å². The number of esters is 1. The van der Waals surface area contributed by atoms with Crippen molar-refractivity contribution in [3.05, 3.63) is 70.5 Å². The van der Waals surface area contributed by atoms with Gasteiger partial charge in [0.15, 0.2) is 11.9 Å². The van der Waals surface area contributed by atoms with Crippen molar-refractivity contribution < 1.29 is 23.5 Å². The van der Waals surface area contributed by atoms with Gasteiger partial charge in [-0.05, 0) is 44.2 Å². The lowest BCUT2D eigenvalue weighted by atomic mass is 10.1. The molecule has 2 rings (SSSR count). The van der Waals surface area contributed by atoms with Gasteiger partial charge in [0.2, 0.25) is 0 Å². The summed E-state index contributed by atoms with van der Waals surface area (Å²) in [5, 5.41) is 2.71. The lowest BCUT2D eigenvalue weighted by Gasteiger charge is -2.12. The number of halogens is 2. The number of hydrogen-bond acceptors (Lipinski definition) is 4. The summed E-state index contributed by atoms with van der Waals surface area (Å²) in [6, 6.07) is 10.5. The van der Waals surface area contributed by atoms with Crippen LogP contribution in [0.1, 0.15) is 29.8 Å². The van der Waals surface area contributed by atoms with Crippen LogP contribution in [0.4, 0.5) is 10.1 Å². The number of ketones is 1. The Balaban J connectivity index is 1.97. The number of carbonyl (C=O) groups is 3. The van der Waals surface area contributed by atoms with Gasteiger partial charge < -0.3 is 10.1 Å². The molecule has 0 aliphatic heterocycles. The molecule has 2 aromatic rings. The van der Waals surface area contributed by atoms with E-state index >= 15 is 0 Å². The fraction of sp³-hybridized carbons (Fsp3) is 0.150. The van der Waals surface area contributed by atoms with Crippen LogP contribution in [0, 0.1) is 5.82 Å². The second-order valence-corrected chi connectivity index (χ2v) is 6.08. The molecule has 0 saturated carbocycles. The molecule has 1 N–H and O–H groups in total. The molecule has 0 heterocycles. The van der Waals surface area contributed by atoms with Gasteiger partial charge >= 0.3 is 5.97 Å². The lowest BCUT2D eigenvalue weighted by Crippen LogP contribution is -2.29. The summed E-state index contributed by atoms with van der Waals surface area (Å²) in [4.78, 5) is 35.4. The van der Waals surface area contributed by atoms with Crippen LogP contribution in [0.2, 0.25) is 5.02 Å². The first kappa shape index (κ1) is 20.3. The number of amides is 1. The smallest absolute Gasteiger partial charge is 0.331 e. The fourth-order valence-electron chi connectivity index (χ4n) is 2.15. The molecule has 2 aromatic carbocycles. The van der Waals surface area contributed by atoms with Gasteiger partial charge in [0.1, 0.15) is 5.82 Å². The maximum absolute atomic E-state index is 13.6. The van der Waals surface area contributed by atoms with E-state index in [-0.39, 0.29) is 16.4 Å². The molecule has 1 amide bonds. The summed E-state index contributed by atoms with van der Waals surface area (Å²) in [7, 11) is 0. The number of rotatable bonds is 6. The molecule has 0 saturated heterocycles. The van der Waals surface area contributed by atoms with Crippen LogP contribution in [-0.4, -0.2) is 23.8 Å². The van der Waals surface area contributed by atoms with E-state index in [0.29, 0.717) is 11.3 Å².